The van der Waals surface area contributed by atoms with Gasteiger partial charge in [-0.25, -0.2) is 37.1 Å². The Balaban J connectivity index is 0.000000172. The minimum absolute atomic E-state index is 0.212. The number of carbonyl (C=O) groups is 2. The highest BCUT2D eigenvalue weighted by molar-refractivity contribution is 5.71. The quantitative estimate of drug-likeness (QED) is 0.138. The van der Waals surface area contributed by atoms with Crippen LogP contribution in [0, 0.1) is 47.0 Å². The number of ether oxygens (including phenoxy) is 2. The van der Waals surface area contributed by atoms with Gasteiger partial charge < -0.3 is 20.1 Å². The summed E-state index contributed by atoms with van der Waals surface area (Å²) in [6.07, 6.45) is -3.16. The Bertz CT molecular complexity index is 2320. The number of nitrogens with zero attached hydrogens (tertiary/aromatic N) is 2. The Morgan fingerprint density at radius 1 is 0.464 bits per heavy atom. The van der Waals surface area contributed by atoms with Crippen LogP contribution in [0.1, 0.15) is 69.3 Å². The van der Waals surface area contributed by atoms with Crippen LogP contribution in [-0.4, -0.2) is 22.2 Å². The Hall–Kier alpha value is -7.44. The smallest absolute Gasteiger partial charge is 0.408 e. The maximum absolute atomic E-state index is 13.6. The van der Waals surface area contributed by atoms with E-state index in [0.29, 0.717) is 22.8 Å². The average Bonchev–Trinajstić information content (AvgIpc) is 3.79. The highest BCUT2D eigenvalue weighted by Crippen LogP contribution is 2.37. The first-order chi connectivity index (χ1) is 27.2. The molecule has 4 aromatic carbocycles. The Labute approximate surface area is 318 Å². The van der Waals surface area contributed by atoms with E-state index in [1.165, 1.54) is 0 Å². The molecule has 12 heteroatoms. The second-order valence-electron chi connectivity index (χ2n) is 12.4. The molecule has 2 aromatic heterocycles. The van der Waals surface area contributed by atoms with Crippen molar-refractivity contribution in [1.29, 1.82) is 0 Å². The van der Waals surface area contributed by atoms with Gasteiger partial charge in [0.15, 0.2) is 12.2 Å². The maximum atomic E-state index is 13.6. The first-order valence-electron chi connectivity index (χ1n) is 17.1. The van der Waals surface area contributed by atoms with E-state index in [1.54, 1.807) is 36.4 Å². The zero-order valence-electron chi connectivity index (χ0n) is 29.1. The fourth-order valence-electron chi connectivity index (χ4n) is 6.00. The third-order valence-electron chi connectivity index (χ3n) is 8.44. The van der Waals surface area contributed by atoms with E-state index in [0.717, 1.165) is 47.5 Å². The van der Waals surface area contributed by atoms with Gasteiger partial charge in [0.25, 0.3) is 0 Å². The predicted molar refractivity (Wildman–Crippen MR) is 196 cm³/mol. The van der Waals surface area contributed by atoms with E-state index in [4.69, 9.17) is 9.47 Å². The fraction of sp³-hybridized carbons (Fsp3) is 0.0909. The molecule has 0 saturated carbocycles. The van der Waals surface area contributed by atoms with Crippen LogP contribution in [0.25, 0.3) is 0 Å². The van der Waals surface area contributed by atoms with Crippen molar-refractivity contribution < 1.29 is 36.6 Å². The number of benzene rings is 4. The molecule has 0 bridgehead atoms. The second kappa shape index (κ2) is 16.7. The number of amides is 2. The number of alkyl carbamates (subject to hydrolysis) is 2. The van der Waals surface area contributed by atoms with Crippen LogP contribution in [0.3, 0.4) is 0 Å². The van der Waals surface area contributed by atoms with Gasteiger partial charge >= 0.3 is 12.2 Å². The average molecular weight is 753 g/mol. The zero-order chi connectivity index (χ0) is 39.0. The third-order valence-corrected chi connectivity index (χ3v) is 8.44. The molecule has 4 heterocycles. The number of hydrogen-bond acceptors (Lipinski definition) is 6. The molecule has 2 saturated heterocycles. The van der Waals surface area contributed by atoms with Crippen molar-refractivity contribution in [2.45, 2.75) is 24.3 Å². The number of hydrogen-bond donors (Lipinski definition) is 2. The van der Waals surface area contributed by atoms with Crippen LogP contribution in [0.4, 0.5) is 27.2 Å². The molecule has 2 aliphatic heterocycles. The molecule has 2 N–H and O–H groups in total. The molecule has 2 aliphatic rings. The predicted octanol–water partition coefficient (Wildman–Crippen LogP) is 8.56. The van der Waals surface area contributed by atoms with Crippen LogP contribution in [0.15, 0.2) is 133 Å². The number of carbonyl (C=O) groups excluding carboxylic acids is 2. The first kappa shape index (κ1) is 36.9. The Morgan fingerprint density at radius 2 is 0.839 bits per heavy atom. The van der Waals surface area contributed by atoms with Gasteiger partial charge in [-0.1, -0.05) is 60.4 Å². The molecule has 2 amide bonds. The van der Waals surface area contributed by atoms with Crippen LogP contribution in [-0.2, 0) is 9.47 Å². The molecule has 0 unspecified atom stereocenters. The number of nitrogens with one attached hydrogen (secondary N) is 2. The number of aromatic nitrogens is 2. The molecule has 8 nitrogen and oxygen atoms in total. The van der Waals surface area contributed by atoms with Gasteiger partial charge in [-0.3, -0.25) is 0 Å². The molecule has 2 fully saturated rings. The molecular formula is C44H28F4N4O4. The summed E-state index contributed by atoms with van der Waals surface area (Å²) in [5, 5.41) is 5.28. The van der Waals surface area contributed by atoms with Gasteiger partial charge in [0.2, 0.25) is 0 Å². The summed E-state index contributed by atoms with van der Waals surface area (Å²) in [4.78, 5) is 32.5. The Kier molecular flexibility index (Phi) is 11.0. The van der Waals surface area contributed by atoms with Crippen molar-refractivity contribution >= 4 is 12.2 Å². The van der Waals surface area contributed by atoms with Crippen molar-refractivity contribution in [3.05, 3.63) is 202 Å². The third kappa shape index (κ3) is 9.19. The minimum atomic E-state index is -0.900. The van der Waals surface area contributed by atoms with Crippen LogP contribution >= 0.6 is 0 Å². The van der Waals surface area contributed by atoms with Gasteiger partial charge in [0, 0.05) is 34.4 Å². The van der Waals surface area contributed by atoms with Crippen molar-refractivity contribution in [3.63, 3.8) is 0 Å². The lowest BCUT2D eigenvalue weighted by atomic mass is 9.99. The fourth-order valence-corrected chi connectivity index (χ4v) is 6.00. The lowest BCUT2D eigenvalue weighted by molar-refractivity contribution is 0.130. The SMILES string of the molecule is O=C1N[C@@H](c2cccc(C#Cc3ccccc3)n2)[C@H](c2cc(F)cc(F)c2)O1.O=C1N[C@H](c2cccc(C#Cc3ccccc3)n2)[C@@H](c2cc(F)cc(F)c2)O1. The van der Waals surface area contributed by atoms with E-state index in [-0.39, 0.29) is 11.1 Å². The monoisotopic (exact) mass is 752 g/mol. The van der Waals surface area contributed by atoms with E-state index in [1.807, 2.05) is 60.7 Å². The van der Waals surface area contributed by atoms with Gasteiger partial charge in [-0.2, -0.15) is 0 Å². The lowest BCUT2D eigenvalue weighted by Gasteiger charge is -2.17. The number of pyridine rings is 2. The van der Waals surface area contributed by atoms with Gasteiger partial charge in [0.05, 0.1) is 11.4 Å². The first-order valence-corrected chi connectivity index (χ1v) is 17.1. The molecule has 4 atom stereocenters. The van der Waals surface area contributed by atoms with Crippen LogP contribution in [0.2, 0.25) is 0 Å². The number of halogens is 4. The minimum Gasteiger partial charge on any atom is -0.439 e. The summed E-state index contributed by atoms with van der Waals surface area (Å²) in [6.45, 7) is 0. The molecule has 276 valence electrons. The van der Waals surface area contributed by atoms with Gasteiger partial charge in [-0.05, 0) is 84.6 Å². The summed E-state index contributed by atoms with van der Waals surface area (Å²) < 4.78 is 64.9. The molecule has 6 aromatic rings. The summed E-state index contributed by atoms with van der Waals surface area (Å²) in [5.74, 6) is 9.01. The molecule has 56 heavy (non-hydrogen) atoms. The van der Waals surface area contributed by atoms with Crippen molar-refractivity contribution in [2.75, 3.05) is 0 Å². The number of rotatable bonds is 4. The topological polar surface area (TPSA) is 102 Å². The Morgan fingerprint density at radius 3 is 1.21 bits per heavy atom. The summed E-state index contributed by atoms with van der Waals surface area (Å²) in [5.41, 5.74) is 4.10. The normalized spacial score (nSPS) is 18.0. The van der Waals surface area contributed by atoms with Crippen molar-refractivity contribution in [3.8, 4) is 23.7 Å². The van der Waals surface area contributed by atoms with Gasteiger partial charge in [0.1, 0.15) is 46.7 Å². The van der Waals surface area contributed by atoms with E-state index < -0.39 is 59.7 Å². The van der Waals surface area contributed by atoms with E-state index in [9.17, 15) is 27.2 Å². The molecular weight excluding hydrogens is 724 g/mol. The maximum Gasteiger partial charge on any atom is 0.408 e. The molecule has 0 spiro atoms. The standard InChI is InChI=1S/2C22H14F2N2O2/c2*23-16-11-15(12-17(24)13-16)21-20(26-22(27)28-21)19-8-4-7-18(25-19)10-9-14-5-2-1-3-6-14/h2*1-8,11-13,20-21H,(H,26,27)/t2*20-,21-/m10/s1. The highest BCUT2D eigenvalue weighted by Gasteiger charge is 2.39. The van der Waals surface area contributed by atoms with Crippen molar-refractivity contribution in [1.82, 2.24) is 20.6 Å². The van der Waals surface area contributed by atoms with Crippen molar-refractivity contribution in [2.24, 2.45) is 0 Å². The van der Waals surface area contributed by atoms with Gasteiger partial charge in [-0.15, -0.1) is 0 Å². The molecule has 0 radical (unpaired) electrons. The largest absolute Gasteiger partial charge is 0.439 e. The van der Waals surface area contributed by atoms with E-state index >= 15 is 0 Å². The summed E-state index contributed by atoms with van der Waals surface area (Å²) in [7, 11) is 0. The summed E-state index contributed by atoms with van der Waals surface area (Å²) >= 11 is 0. The molecule has 8 rings (SSSR count). The second-order valence-corrected chi connectivity index (χ2v) is 12.4. The zero-order valence-corrected chi connectivity index (χ0v) is 29.1. The highest BCUT2D eigenvalue weighted by atomic mass is 19.1. The van der Waals surface area contributed by atoms with Crippen LogP contribution < -0.4 is 10.6 Å². The molecule has 0 aliphatic carbocycles. The van der Waals surface area contributed by atoms with Crippen LogP contribution in [0.5, 0.6) is 0 Å². The lowest BCUT2D eigenvalue weighted by Crippen LogP contribution is -2.21. The number of cyclic esters (lactones) is 2. The van der Waals surface area contributed by atoms with E-state index in [2.05, 4.69) is 44.3 Å². The summed E-state index contributed by atoms with van der Waals surface area (Å²) in [6, 6.07) is 34.0.